The van der Waals surface area contributed by atoms with Crippen molar-refractivity contribution in [1.82, 2.24) is 9.78 Å². The quantitative estimate of drug-likeness (QED) is 0.147. The minimum absolute atomic E-state index is 0.0255. The second kappa shape index (κ2) is 13.5. The van der Waals surface area contributed by atoms with Crippen LogP contribution in [0.3, 0.4) is 0 Å². The van der Waals surface area contributed by atoms with Crippen LogP contribution >= 0.6 is 69.6 Å². The first-order valence-electron chi connectivity index (χ1n) is 12.2. The van der Waals surface area contributed by atoms with Crippen LogP contribution in [0, 0.1) is 0 Å². The van der Waals surface area contributed by atoms with Crippen molar-refractivity contribution in [2.24, 2.45) is 5.10 Å². The number of carbonyl (C=O) groups is 3. The predicted octanol–water partition coefficient (Wildman–Crippen LogP) is 7.75. The normalized spacial score (nSPS) is 14.4. The van der Waals surface area contributed by atoms with Crippen LogP contribution in [0.25, 0.3) is 11.8 Å². The Labute approximate surface area is 274 Å². The Balaban J connectivity index is 1.68. The third kappa shape index (κ3) is 6.77. The van der Waals surface area contributed by atoms with Gasteiger partial charge in [-0.05, 0) is 43.3 Å². The lowest BCUT2D eigenvalue weighted by Gasteiger charge is -2.15. The molecule has 1 aliphatic heterocycles. The number of esters is 1. The van der Waals surface area contributed by atoms with Crippen LogP contribution in [0.1, 0.15) is 29.9 Å². The van der Waals surface area contributed by atoms with Gasteiger partial charge >= 0.3 is 5.97 Å². The van der Waals surface area contributed by atoms with E-state index in [1.54, 1.807) is 6.92 Å². The molecule has 0 saturated carbocycles. The van der Waals surface area contributed by atoms with Crippen molar-refractivity contribution in [1.29, 1.82) is 0 Å². The Morgan fingerprint density at radius 2 is 1.44 bits per heavy atom. The molecule has 0 spiro atoms. The topological polar surface area (TPSA) is 114 Å². The molecule has 15 heteroatoms. The molecule has 2 aromatic carbocycles. The second-order valence-corrected chi connectivity index (χ2v) is 11.1. The van der Waals surface area contributed by atoms with Gasteiger partial charge in [0.15, 0.2) is 11.5 Å². The average Bonchev–Trinajstić information content (AvgIpc) is 3.40. The number of H-pyrrole nitrogens is 1. The van der Waals surface area contributed by atoms with Crippen molar-refractivity contribution < 1.29 is 19.1 Å². The van der Waals surface area contributed by atoms with Gasteiger partial charge in [-0.25, -0.2) is 9.48 Å². The van der Waals surface area contributed by atoms with Gasteiger partial charge in [-0.15, -0.1) is 0 Å². The lowest BCUT2D eigenvalue weighted by Crippen LogP contribution is -2.22. The zero-order chi connectivity index (χ0) is 31.6. The van der Waals surface area contributed by atoms with Gasteiger partial charge in [0.1, 0.15) is 17.1 Å². The summed E-state index contributed by atoms with van der Waals surface area (Å²) < 4.78 is 6.09. The summed E-state index contributed by atoms with van der Waals surface area (Å²) in [5.41, 5.74) is -0.843. The van der Waals surface area contributed by atoms with Crippen LogP contribution in [-0.4, -0.2) is 39.8 Å². The lowest BCUT2D eigenvalue weighted by molar-refractivity contribution is -0.115. The van der Waals surface area contributed by atoms with Crippen LogP contribution in [0.15, 0.2) is 64.0 Å². The average molecular weight is 703 g/mol. The number of halogens is 6. The number of hydrogen-bond acceptors (Lipinski definition) is 6. The van der Waals surface area contributed by atoms with Gasteiger partial charge in [0.2, 0.25) is 0 Å². The van der Waals surface area contributed by atoms with Crippen LogP contribution in [0.5, 0.6) is 0 Å². The molecule has 1 aliphatic rings. The molecule has 0 aliphatic carbocycles. The fourth-order valence-electron chi connectivity index (χ4n) is 3.95. The molecule has 222 valence electrons. The predicted molar refractivity (Wildman–Crippen MR) is 171 cm³/mol. The molecule has 9 nitrogen and oxygen atoms in total. The van der Waals surface area contributed by atoms with Crippen LogP contribution < -0.4 is 10.6 Å². The fourth-order valence-corrected chi connectivity index (χ4v) is 5.91. The van der Waals surface area contributed by atoms with E-state index in [-0.39, 0.29) is 70.7 Å². The van der Waals surface area contributed by atoms with Crippen LogP contribution in [0.4, 0.5) is 5.69 Å². The molecular weight excluding hydrogens is 685 g/mol. The number of ether oxygens (including phenoxy) is 1. The van der Waals surface area contributed by atoms with Gasteiger partial charge in [-0.2, -0.15) is 10.1 Å². The van der Waals surface area contributed by atoms with E-state index in [0.29, 0.717) is 0 Å². The molecule has 0 bridgehead atoms. The van der Waals surface area contributed by atoms with E-state index in [1.165, 1.54) is 61.6 Å². The monoisotopic (exact) mass is 700 g/mol. The first-order chi connectivity index (χ1) is 20.3. The summed E-state index contributed by atoms with van der Waals surface area (Å²) in [5.74, 6) is -1.91. The van der Waals surface area contributed by atoms with Crippen LogP contribution in [-0.2, 0) is 14.3 Å². The van der Waals surface area contributed by atoms with Gasteiger partial charge in [-0.3, -0.25) is 19.5 Å². The van der Waals surface area contributed by atoms with Gasteiger partial charge in [0.05, 0.1) is 37.8 Å². The Hall–Kier alpha value is -3.31. The smallest absolute Gasteiger partial charge is 0.357 e. The summed E-state index contributed by atoms with van der Waals surface area (Å²) in [6.07, 6.45) is 7.06. The summed E-state index contributed by atoms with van der Waals surface area (Å²) >= 11 is 37.0. The zero-order valence-corrected chi connectivity index (χ0v) is 26.6. The SMILES string of the molecule is CCOC(=O)c1[nH]n(-c2c(Cl)cc(Cl)cc2Cl)c(=O)c1/C=C/C=C/C=C1C(=O)N(c2c(Cl)cc(Cl)cc2Cl)N=C1C(C)=O. The first kappa shape index (κ1) is 32.6. The van der Waals surface area contributed by atoms with Gasteiger partial charge in [0, 0.05) is 17.0 Å². The number of hydrogen-bond donors (Lipinski definition) is 1. The maximum atomic E-state index is 13.3. The number of amides is 1. The molecule has 0 fully saturated rings. The van der Waals surface area contributed by atoms with E-state index >= 15 is 0 Å². The van der Waals surface area contributed by atoms with E-state index in [4.69, 9.17) is 74.3 Å². The third-order valence-electron chi connectivity index (χ3n) is 5.76. The number of hydrazone groups is 1. The van der Waals surface area contributed by atoms with Crippen molar-refractivity contribution in [2.45, 2.75) is 13.8 Å². The molecule has 0 atom stereocenters. The van der Waals surface area contributed by atoms with Crippen molar-refractivity contribution in [3.8, 4) is 5.69 Å². The number of aromatic amines is 1. The maximum Gasteiger partial charge on any atom is 0.357 e. The maximum absolute atomic E-state index is 13.3. The highest BCUT2D eigenvalue weighted by molar-refractivity contribution is 6.55. The lowest BCUT2D eigenvalue weighted by atomic mass is 10.1. The molecule has 0 radical (unpaired) electrons. The number of nitrogens with zero attached hydrogens (tertiary/aromatic N) is 3. The fraction of sp³-hybridized carbons (Fsp3) is 0.107. The minimum Gasteiger partial charge on any atom is -0.461 e. The number of ketones is 1. The van der Waals surface area contributed by atoms with Gasteiger partial charge in [0.25, 0.3) is 11.5 Å². The van der Waals surface area contributed by atoms with Crippen molar-refractivity contribution in [3.05, 3.63) is 106 Å². The summed E-state index contributed by atoms with van der Waals surface area (Å²) in [4.78, 5) is 51.4. The van der Waals surface area contributed by atoms with Gasteiger partial charge in [-0.1, -0.05) is 87.8 Å². The van der Waals surface area contributed by atoms with Gasteiger partial charge < -0.3 is 4.74 Å². The molecular formula is C28H18Cl6N4O5. The molecule has 1 amide bonds. The number of anilines is 1. The molecule has 1 N–H and O–H groups in total. The Morgan fingerprint density at radius 3 is 1.98 bits per heavy atom. The highest BCUT2D eigenvalue weighted by Crippen LogP contribution is 2.39. The number of rotatable bonds is 8. The Morgan fingerprint density at radius 1 is 0.884 bits per heavy atom. The minimum atomic E-state index is -0.788. The molecule has 2 heterocycles. The molecule has 4 rings (SSSR count). The number of aromatic nitrogens is 2. The summed E-state index contributed by atoms with van der Waals surface area (Å²) in [7, 11) is 0. The highest BCUT2D eigenvalue weighted by atomic mass is 35.5. The highest BCUT2D eigenvalue weighted by Gasteiger charge is 2.35. The van der Waals surface area contributed by atoms with Crippen molar-refractivity contribution >= 4 is 105 Å². The van der Waals surface area contributed by atoms with Crippen LogP contribution in [0.2, 0.25) is 30.1 Å². The van der Waals surface area contributed by atoms with Crippen molar-refractivity contribution in [2.75, 3.05) is 11.6 Å². The van der Waals surface area contributed by atoms with E-state index in [9.17, 15) is 19.2 Å². The molecule has 0 saturated heterocycles. The Kier molecular flexibility index (Phi) is 10.3. The molecule has 43 heavy (non-hydrogen) atoms. The Bertz CT molecular complexity index is 1810. The summed E-state index contributed by atoms with van der Waals surface area (Å²) in [6.45, 7) is 2.93. The number of allylic oxidation sites excluding steroid dienone is 4. The largest absolute Gasteiger partial charge is 0.461 e. The summed E-state index contributed by atoms with van der Waals surface area (Å²) in [5, 5.41) is 8.51. The van der Waals surface area contributed by atoms with E-state index in [1.807, 2.05) is 0 Å². The third-order valence-corrected chi connectivity index (χ3v) is 7.35. The second-order valence-electron chi connectivity index (χ2n) is 8.64. The zero-order valence-electron chi connectivity index (χ0n) is 22.1. The van der Waals surface area contributed by atoms with Crippen molar-refractivity contribution in [3.63, 3.8) is 0 Å². The molecule has 1 aromatic heterocycles. The number of nitrogens with one attached hydrogen (secondary N) is 1. The standard InChI is InChI=1S/C28H18Cl6N4O5/c1-3-43-28(42)23-17(27(41)38(36-23)25-20(33)11-15(30)12-21(25)34)8-6-4-5-7-16-22(13(2)39)35-37(26(16)40)24-18(31)9-14(29)10-19(24)32/h4-12,36H,3H2,1-2H3/b5-4+,8-6+,16-7?. The van der Waals surface area contributed by atoms with E-state index in [2.05, 4.69) is 10.2 Å². The van der Waals surface area contributed by atoms with E-state index in [0.717, 1.165) is 9.69 Å². The molecule has 0 unspecified atom stereocenters. The number of Topliss-reactive ketones (excluding diaryl/α,β-unsaturated/α-hetero) is 1. The number of carbonyl (C=O) groups excluding carboxylic acids is 3. The summed E-state index contributed by atoms with van der Waals surface area (Å²) in [6, 6.07) is 5.57. The first-order valence-corrected chi connectivity index (χ1v) is 14.4. The van der Waals surface area contributed by atoms with E-state index < -0.39 is 23.2 Å². The number of benzene rings is 2. The molecule has 3 aromatic rings.